The zero-order valence-corrected chi connectivity index (χ0v) is 16.0. The molecule has 0 unspecified atom stereocenters. The van der Waals surface area contributed by atoms with Gasteiger partial charge in [-0.25, -0.2) is 4.98 Å². The van der Waals surface area contributed by atoms with Crippen molar-refractivity contribution in [1.29, 1.82) is 0 Å². The van der Waals surface area contributed by atoms with Gasteiger partial charge in [0.15, 0.2) is 0 Å². The number of ether oxygens (including phenoxy) is 1. The Morgan fingerprint density at radius 2 is 1.96 bits per heavy atom. The van der Waals surface area contributed by atoms with Crippen LogP contribution in [0, 0.1) is 0 Å². The van der Waals surface area contributed by atoms with Crippen LogP contribution in [0.25, 0.3) is 10.2 Å². The minimum atomic E-state index is -0.253. The number of nitrogens with one attached hydrogen (secondary N) is 1. The third-order valence-electron chi connectivity index (χ3n) is 4.41. The van der Waals surface area contributed by atoms with Crippen molar-refractivity contribution >= 4 is 27.5 Å². The molecule has 0 saturated carbocycles. The summed E-state index contributed by atoms with van der Waals surface area (Å²) in [6.45, 7) is 3.00. The second-order valence-electron chi connectivity index (χ2n) is 6.20. The number of hydrogen-bond acceptors (Lipinski definition) is 5. The molecule has 2 aromatic carbocycles. The third kappa shape index (κ3) is 4.20. The molecular weight excluding hydrogens is 346 g/mol. The van der Waals surface area contributed by atoms with Crippen molar-refractivity contribution in [3.05, 3.63) is 59.1 Å². The lowest BCUT2D eigenvalue weighted by molar-refractivity contribution is -0.125. The first kappa shape index (κ1) is 18.4. The molecule has 0 saturated heterocycles. The molecule has 6 heteroatoms. The average molecular weight is 369 g/mol. The molecule has 3 aromatic rings. The summed E-state index contributed by atoms with van der Waals surface area (Å²) >= 11 is 1.67. The third-order valence-corrected chi connectivity index (χ3v) is 5.43. The number of aromatic nitrogens is 1. The minimum Gasteiger partial charge on any atom is -0.496 e. The highest BCUT2D eigenvalue weighted by atomic mass is 32.1. The van der Waals surface area contributed by atoms with Gasteiger partial charge in [-0.2, -0.15) is 0 Å². The van der Waals surface area contributed by atoms with Gasteiger partial charge in [-0.3, -0.25) is 9.69 Å². The van der Waals surface area contributed by atoms with Gasteiger partial charge in [0.2, 0.25) is 5.91 Å². The summed E-state index contributed by atoms with van der Waals surface area (Å²) in [6, 6.07) is 15.5. The largest absolute Gasteiger partial charge is 0.496 e. The van der Waals surface area contributed by atoms with Crippen LogP contribution in [0.15, 0.2) is 48.5 Å². The molecule has 1 aromatic heterocycles. The Bertz CT molecular complexity index is 860. The lowest BCUT2D eigenvalue weighted by Crippen LogP contribution is -2.42. The van der Waals surface area contributed by atoms with Gasteiger partial charge in [0, 0.05) is 12.1 Å². The fraction of sp³-hybridized carbons (Fsp3) is 0.300. The van der Waals surface area contributed by atoms with Crippen molar-refractivity contribution in [3.63, 3.8) is 0 Å². The average Bonchev–Trinajstić information content (AvgIpc) is 3.07. The van der Waals surface area contributed by atoms with E-state index in [0.717, 1.165) is 21.8 Å². The predicted molar refractivity (Wildman–Crippen MR) is 105 cm³/mol. The van der Waals surface area contributed by atoms with Crippen LogP contribution in [0.3, 0.4) is 0 Å². The number of rotatable bonds is 7. The molecule has 0 fully saturated rings. The van der Waals surface area contributed by atoms with Crippen molar-refractivity contribution in [2.45, 2.75) is 26.1 Å². The van der Waals surface area contributed by atoms with E-state index in [1.54, 1.807) is 18.4 Å². The fourth-order valence-electron chi connectivity index (χ4n) is 2.72. The van der Waals surface area contributed by atoms with Gasteiger partial charge in [-0.1, -0.05) is 30.3 Å². The van der Waals surface area contributed by atoms with Gasteiger partial charge in [-0.05, 0) is 32.2 Å². The van der Waals surface area contributed by atoms with E-state index in [0.29, 0.717) is 13.1 Å². The van der Waals surface area contributed by atoms with Crippen LogP contribution < -0.4 is 10.1 Å². The number of thiazole rings is 1. The van der Waals surface area contributed by atoms with E-state index in [2.05, 4.69) is 16.4 Å². The normalized spacial score (nSPS) is 12.3. The predicted octanol–water partition coefficient (Wildman–Crippen LogP) is 3.44. The Kier molecular flexibility index (Phi) is 5.85. The van der Waals surface area contributed by atoms with Gasteiger partial charge in [0.1, 0.15) is 10.8 Å². The number of fused-ring (bicyclic) bond motifs is 1. The van der Waals surface area contributed by atoms with Crippen LogP contribution >= 0.6 is 11.3 Å². The maximum Gasteiger partial charge on any atom is 0.237 e. The van der Waals surface area contributed by atoms with E-state index in [1.165, 1.54) is 4.70 Å². The molecule has 0 aliphatic rings. The highest BCUT2D eigenvalue weighted by molar-refractivity contribution is 7.18. The van der Waals surface area contributed by atoms with Crippen molar-refractivity contribution in [2.24, 2.45) is 0 Å². The Hall–Kier alpha value is -2.44. The summed E-state index contributed by atoms with van der Waals surface area (Å²) in [5.41, 5.74) is 1.97. The van der Waals surface area contributed by atoms with E-state index < -0.39 is 0 Å². The second-order valence-corrected chi connectivity index (χ2v) is 7.31. The Labute approximate surface area is 157 Å². The molecule has 5 nitrogen and oxygen atoms in total. The molecule has 1 heterocycles. The number of benzene rings is 2. The summed E-state index contributed by atoms with van der Waals surface area (Å²) in [4.78, 5) is 19.2. The highest BCUT2D eigenvalue weighted by Gasteiger charge is 2.19. The van der Waals surface area contributed by atoms with Crippen molar-refractivity contribution in [2.75, 3.05) is 14.2 Å². The van der Waals surface area contributed by atoms with Gasteiger partial charge in [-0.15, -0.1) is 11.3 Å². The van der Waals surface area contributed by atoms with E-state index >= 15 is 0 Å². The number of nitrogens with zero attached hydrogens (tertiary/aromatic N) is 2. The topological polar surface area (TPSA) is 54.5 Å². The maximum atomic E-state index is 12.5. The number of amides is 1. The summed E-state index contributed by atoms with van der Waals surface area (Å²) in [5.74, 6) is 0.766. The highest BCUT2D eigenvalue weighted by Crippen LogP contribution is 2.23. The van der Waals surface area contributed by atoms with Crippen molar-refractivity contribution < 1.29 is 9.53 Å². The molecule has 26 heavy (non-hydrogen) atoms. The van der Waals surface area contributed by atoms with Gasteiger partial charge < -0.3 is 10.1 Å². The number of likely N-dealkylation sites (N-methyl/N-ethyl adjacent to an activating group) is 1. The number of hydrogen-bond donors (Lipinski definition) is 1. The van der Waals surface area contributed by atoms with Crippen LogP contribution in [0.4, 0.5) is 0 Å². The lowest BCUT2D eigenvalue weighted by atomic mass is 10.2. The second kappa shape index (κ2) is 8.29. The molecule has 0 bridgehead atoms. The standard InChI is InChI=1S/C20H23N3O2S/c1-14(20(24)21-12-15-8-4-6-10-17(15)25-3)23(2)13-19-22-16-9-5-7-11-18(16)26-19/h4-11,14H,12-13H2,1-3H3,(H,21,24)/t14-/m1/s1. The smallest absolute Gasteiger partial charge is 0.237 e. The molecule has 0 aliphatic heterocycles. The van der Waals surface area contributed by atoms with Crippen LogP contribution in [0.2, 0.25) is 0 Å². The van der Waals surface area contributed by atoms with E-state index in [9.17, 15) is 4.79 Å². The van der Waals surface area contributed by atoms with Gasteiger partial charge in [0.05, 0.1) is 29.9 Å². The first-order chi connectivity index (χ1) is 12.6. The molecule has 0 aliphatic carbocycles. The van der Waals surface area contributed by atoms with E-state index in [-0.39, 0.29) is 11.9 Å². The first-order valence-electron chi connectivity index (χ1n) is 8.52. The lowest BCUT2D eigenvalue weighted by Gasteiger charge is -2.23. The van der Waals surface area contributed by atoms with Crippen LogP contribution in [0.5, 0.6) is 5.75 Å². The molecule has 1 N–H and O–H groups in total. The number of carbonyl (C=O) groups excluding carboxylic acids is 1. The molecule has 1 atom stereocenters. The molecule has 1 amide bonds. The monoisotopic (exact) mass is 369 g/mol. The van der Waals surface area contributed by atoms with Crippen molar-refractivity contribution in [1.82, 2.24) is 15.2 Å². The summed E-state index contributed by atoms with van der Waals surface area (Å²) < 4.78 is 6.50. The zero-order chi connectivity index (χ0) is 18.5. The van der Waals surface area contributed by atoms with Gasteiger partial charge >= 0.3 is 0 Å². The summed E-state index contributed by atoms with van der Waals surface area (Å²) in [7, 11) is 3.58. The van der Waals surface area contributed by atoms with Crippen LogP contribution in [-0.2, 0) is 17.9 Å². The molecular formula is C20H23N3O2S. The Balaban J connectivity index is 1.58. The van der Waals surface area contributed by atoms with Crippen LogP contribution in [-0.4, -0.2) is 36.0 Å². The fourth-order valence-corrected chi connectivity index (χ4v) is 3.75. The number of methoxy groups -OCH3 is 1. The summed E-state index contributed by atoms with van der Waals surface area (Å²) in [6.07, 6.45) is 0. The first-order valence-corrected chi connectivity index (χ1v) is 9.34. The van der Waals surface area contributed by atoms with Crippen molar-refractivity contribution in [3.8, 4) is 5.75 Å². The zero-order valence-electron chi connectivity index (χ0n) is 15.2. The molecule has 3 rings (SSSR count). The van der Waals surface area contributed by atoms with Crippen LogP contribution in [0.1, 0.15) is 17.5 Å². The maximum absolute atomic E-state index is 12.5. The van der Waals surface area contributed by atoms with Gasteiger partial charge in [0.25, 0.3) is 0 Å². The molecule has 0 radical (unpaired) electrons. The Morgan fingerprint density at radius 3 is 2.73 bits per heavy atom. The quantitative estimate of drug-likeness (QED) is 0.693. The number of carbonyl (C=O) groups is 1. The molecule has 136 valence electrons. The van der Waals surface area contributed by atoms with E-state index in [4.69, 9.17) is 4.74 Å². The SMILES string of the molecule is COc1ccccc1CNC(=O)[C@@H](C)N(C)Cc1nc2ccccc2s1. The van der Waals surface area contributed by atoms with E-state index in [1.807, 2.05) is 61.3 Å². The summed E-state index contributed by atoms with van der Waals surface area (Å²) in [5, 5.41) is 4.00. The Morgan fingerprint density at radius 1 is 1.23 bits per heavy atom. The molecule has 0 spiro atoms. The number of para-hydroxylation sites is 2. The minimum absolute atomic E-state index is 0.0143.